The van der Waals surface area contributed by atoms with Crippen molar-refractivity contribution >= 4 is 39.5 Å². The van der Waals surface area contributed by atoms with Crippen molar-refractivity contribution in [3.63, 3.8) is 0 Å². The molecule has 0 radical (unpaired) electrons. The summed E-state index contributed by atoms with van der Waals surface area (Å²) in [5.41, 5.74) is 0. The van der Waals surface area contributed by atoms with Crippen molar-refractivity contribution in [2.24, 2.45) is 0 Å². The minimum atomic E-state index is -4.97. The number of aliphatic hydroxyl groups excluding tert-OH is 1. The third-order valence-electron chi connectivity index (χ3n) is 16.9. The van der Waals surface area contributed by atoms with E-state index in [1.165, 1.54) is 109 Å². The van der Waals surface area contributed by atoms with Crippen molar-refractivity contribution in [3.05, 3.63) is 60.8 Å². The summed E-state index contributed by atoms with van der Waals surface area (Å²) in [5, 5.41) is 10.6. The molecule has 5 atom stereocenters. The number of allylic oxidation sites excluding steroid dienone is 10. The fourth-order valence-corrected chi connectivity index (χ4v) is 12.4. The van der Waals surface area contributed by atoms with Gasteiger partial charge in [-0.1, -0.05) is 262 Å². The molecule has 0 bridgehead atoms. The van der Waals surface area contributed by atoms with Gasteiger partial charge < -0.3 is 33.8 Å². The molecule has 0 aliphatic rings. The van der Waals surface area contributed by atoms with Crippen LogP contribution in [0.1, 0.15) is 362 Å². The van der Waals surface area contributed by atoms with E-state index in [9.17, 15) is 43.2 Å². The molecule has 0 aromatic carbocycles. The van der Waals surface area contributed by atoms with E-state index < -0.39 is 97.5 Å². The first-order valence-electron chi connectivity index (χ1n) is 39.5. The number of phosphoric ester groups is 2. The third-order valence-corrected chi connectivity index (χ3v) is 18.8. The zero-order valence-electron chi connectivity index (χ0n) is 62.5. The van der Waals surface area contributed by atoms with Crippen LogP contribution in [0.25, 0.3) is 0 Å². The molecule has 0 saturated carbocycles. The third kappa shape index (κ3) is 71.2. The smallest absolute Gasteiger partial charge is 0.462 e. The molecule has 3 N–H and O–H groups in total. The monoisotopic (exact) mass is 1430 g/mol. The van der Waals surface area contributed by atoms with Gasteiger partial charge in [0.05, 0.1) is 26.4 Å². The van der Waals surface area contributed by atoms with E-state index in [4.69, 9.17) is 37.0 Å². The maximum absolute atomic E-state index is 13.1. The second kappa shape index (κ2) is 72.1. The second-order valence-electron chi connectivity index (χ2n) is 26.6. The molecule has 17 nitrogen and oxygen atoms in total. The summed E-state index contributed by atoms with van der Waals surface area (Å²) < 4.78 is 68.5. The molecular formula is C79H144O17P2. The van der Waals surface area contributed by atoms with Gasteiger partial charge >= 0.3 is 39.5 Å². The summed E-state index contributed by atoms with van der Waals surface area (Å²) in [4.78, 5) is 72.9. The number of unbranched alkanes of at least 4 members (excludes halogenated alkanes) is 39. The van der Waals surface area contributed by atoms with Crippen molar-refractivity contribution in [2.75, 3.05) is 39.6 Å². The predicted octanol–water partition coefficient (Wildman–Crippen LogP) is 22.7. The minimum Gasteiger partial charge on any atom is -0.462 e. The topological polar surface area (TPSA) is 237 Å². The van der Waals surface area contributed by atoms with Gasteiger partial charge in [0, 0.05) is 25.7 Å². The number of phosphoric acid groups is 2. The number of carbonyl (C=O) groups excluding carboxylic acids is 4. The predicted molar refractivity (Wildman–Crippen MR) is 400 cm³/mol. The molecule has 98 heavy (non-hydrogen) atoms. The van der Waals surface area contributed by atoms with Crippen molar-refractivity contribution < 1.29 is 80.2 Å². The molecule has 2 unspecified atom stereocenters. The van der Waals surface area contributed by atoms with Gasteiger partial charge in [-0.15, -0.1) is 0 Å². The van der Waals surface area contributed by atoms with Crippen LogP contribution in [0.4, 0.5) is 0 Å². The van der Waals surface area contributed by atoms with Gasteiger partial charge in [-0.25, -0.2) is 9.13 Å². The number of aliphatic hydroxyl groups is 1. The van der Waals surface area contributed by atoms with Gasteiger partial charge in [-0.3, -0.25) is 37.3 Å². The van der Waals surface area contributed by atoms with E-state index in [0.29, 0.717) is 25.7 Å². The van der Waals surface area contributed by atoms with E-state index in [0.717, 1.165) is 173 Å². The Kier molecular flexibility index (Phi) is 69.7. The van der Waals surface area contributed by atoms with Crippen LogP contribution in [0.15, 0.2) is 60.8 Å². The molecule has 0 aliphatic heterocycles. The molecule has 0 amide bonds. The molecule has 0 fully saturated rings. The molecular weight excluding hydrogens is 1280 g/mol. The second-order valence-corrected chi connectivity index (χ2v) is 29.5. The van der Waals surface area contributed by atoms with Crippen LogP contribution in [0.2, 0.25) is 0 Å². The highest BCUT2D eigenvalue weighted by Gasteiger charge is 2.30. The van der Waals surface area contributed by atoms with Crippen molar-refractivity contribution in [1.29, 1.82) is 0 Å². The Bertz CT molecular complexity index is 2100. The summed E-state index contributed by atoms with van der Waals surface area (Å²) >= 11 is 0. The highest BCUT2D eigenvalue weighted by Crippen LogP contribution is 2.45. The minimum absolute atomic E-state index is 0.0852. The van der Waals surface area contributed by atoms with Gasteiger partial charge in [0.25, 0.3) is 0 Å². The lowest BCUT2D eigenvalue weighted by molar-refractivity contribution is -0.161. The van der Waals surface area contributed by atoms with E-state index in [-0.39, 0.29) is 25.7 Å². The summed E-state index contributed by atoms with van der Waals surface area (Å²) in [7, 11) is -9.94. The Morgan fingerprint density at radius 2 is 0.500 bits per heavy atom. The van der Waals surface area contributed by atoms with Crippen LogP contribution < -0.4 is 0 Å². The lowest BCUT2D eigenvalue weighted by atomic mass is 10.1. The Hall–Kier alpha value is -3.24. The van der Waals surface area contributed by atoms with Crippen LogP contribution in [0, 0.1) is 0 Å². The Morgan fingerprint density at radius 3 is 0.796 bits per heavy atom. The van der Waals surface area contributed by atoms with Crippen LogP contribution in [-0.4, -0.2) is 96.7 Å². The van der Waals surface area contributed by atoms with Crippen LogP contribution in [-0.2, 0) is 65.4 Å². The normalized spacial score (nSPS) is 14.2. The van der Waals surface area contributed by atoms with E-state index in [2.05, 4.69) is 88.5 Å². The van der Waals surface area contributed by atoms with Crippen molar-refractivity contribution in [1.82, 2.24) is 0 Å². The molecule has 572 valence electrons. The Balaban J connectivity index is 5.34. The fourth-order valence-electron chi connectivity index (χ4n) is 10.8. The number of hydrogen-bond acceptors (Lipinski definition) is 15. The standard InChI is InChI=1S/C79H144O17P2/c1-5-9-13-17-21-25-29-33-36-40-43-47-51-55-59-63-76(81)89-69-74(95-78(83)65-61-57-53-49-45-39-32-28-24-20-16-12-8-4)71-93-97(85,86)91-67-73(80)68-92-98(87,88)94-72-75(96-79(84)66-62-58-54-50-46-42-38-35-31-27-23-19-15-11-7-3)70-90-77(82)64-60-56-52-48-44-41-37-34-30-26-22-18-14-10-6-2/h21,25,27-28,31-34,36-37,73-75,80H,5-20,22-24,26,29-30,35,38-72H2,1-4H3,(H,85,86)(H,87,88)/b25-21-,31-27-,32-28-,36-33-,37-34-/t73-,74-,75-/m1/s1. The Morgan fingerprint density at radius 1 is 0.286 bits per heavy atom. The number of hydrogen-bond donors (Lipinski definition) is 3. The summed E-state index contributed by atoms with van der Waals surface area (Å²) in [6, 6.07) is 0. The molecule has 0 aromatic heterocycles. The average Bonchev–Trinajstić information content (AvgIpc) is 0.959. The van der Waals surface area contributed by atoms with E-state index >= 15 is 0 Å². The highest BCUT2D eigenvalue weighted by atomic mass is 31.2. The van der Waals surface area contributed by atoms with E-state index in [1.54, 1.807) is 0 Å². The first kappa shape index (κ1) is 94.8. The lowest BCUT2D eigenvalue weighted by Crippen LogP contribution is -2.30. The molecule has 0 heterocycles. The molecule has 0 spiro atoms. The van der Waals surface area contributed by atoms with Gasteiger partial charge in [0.2, 0.25) is 0 Å². The van der Waals surface area contributed by atoms with Gasteiger partial charge in [0.1, 0.15) is 19.3 Å². The molecule has 0 aromatic rings. The highest BCUT2D eigenvalue weighted by molar-refractivity contribution is 7.47. The first-order valence-corrected chi connectivity index (χ1v) is 42.5. The average molecular weight is 1430 g/mol. The SMILES string of the molecule is CCCCC/C=C\C/C=C\CCCCCCCC(=O)OC[C@H](COP(=O)(O)OC[C@@H](O)COP(=O)(O)OC[C@@H](COC(=O)CCCCCCC/C=C\CCCCCCCC)OC(=O)CCCCCCCCC/C=C\CCCCCC)OC(=O)CCCCCCC/C=C\CCCCCC. The van der Waals surface area contributed by atoms with Crippen LogP contribution >= 0.6 is 15.6 Å². The number of esters is 4. The largest absolute Gasteiger partial charge is 0.472 e. The van der Waals surface area contributed by atoms with Crippen molar-refractivity contribution in [3.8, 4) is 0 Å². The number of rotatable bonds is 75. The van der Waals surface area contributed by atoms with E-state index in [1.807, 2.05) is 0 Å². The molecule has 0 saturated heterocycles. The molecule has 0 aliphatic carbocycles. The zero-order valence-corrected chi connectivity index (χ0v) is 64.3. The molecule has 19 heteroatoms. The van der Waals surface area contributed by atoms with Crippen molar-refractivity contribution in [2.45, 2.75) is 380 Å². The lowest BCUT2D eigenvalue weighted by Gasteiger charge is -2.21. The van der Waals surface area contributed by atoms with Crippen LogP contribution in [0.5, 0.6) is 0 Å². The maximum atomic E-state index is 13.1. The quantitative estimate of drug-likeness (QED) is 0.0169. The summed E-state index contributed by atoms with van der Waals surface area (Å²) in [6.45, 7) is 4.84. The first-order chi connectivity index (χ1) is 47.7. The molecule has 0 rings (SSSR count). The summed E-state index contributed by atoms with van der Waals surface area (Å²) in [5.74, 6) is -2.18. The number of carbonyl (C=O) groups is 4. The van der Waals surface area contributed by atoms with Gasteiger partial charge in [0.15, 0.2) is 12.2 Å². The fraction of sp³-hybridized carbons (Fsp3) is 0.823. The van der Waals surface area contributed by atoms with Gasteiger partial charge in [-0.2, -0.15) is 0 Å². The number of ether oxygens (including phenoxy) is 4. The van der Waals surface area contributed by atoms with Gasteiger partial charge in [-0.05, 0) is 135 Å². The Labute approximate surface area is 597 Å². The maximum Gasteiger partial charge on any atom is 0.472 e. The summed E-state index contributed by atoms with van der Waals surface area (Å²) in [6.07, 6.45) is 70.5. The van der Waals surface area contributed by atoms with Crippen LogP contribution in [0.3, 0.4) is 0 Å². The zero-order chi connectivity index (χ0) is 71.8.